The van der Waals surface area contributed by atoms with Gasteiger partial charge in [0.05, 0.1) is 11.5 Å². The van der Waals surface area contributed by atoms with Gasteiger partial charge in [-0.2, -0.15) is 17.5 Å². The number of sulfonamides is 1. The van der Waals surface area contributed by atoms with E-state index in [4.69, 9.17) is 10.8 Å². The van der Waals surface area contributed by atoms with Crippen LogP contribution >= 0.6 is 0 Å². The number of aliphatic hydroxyl groups excluding tert-OH is 1. The molecule has 0 aliphatic rings. The molecule has 9 heteroatoms. The van der Waals surface area contributed by atoms with Gasteiger partial charge in [-0.3, -0.25) is 0 Å². The first-order chi connectivity index (χ1) is 9.58. The number of hydrogen-bond acceptors (Lipinski definition) is 4. The molecule has 1 unspecified atom stereocenters. The van der Waals surface area contributed by atoms with Gasteiger partial charge >= 0.3 is 6.18 Å². The zero-order valence-corrected chi connectivity index (χ0v) is 12.2. The van der Waals surface area contributed by atoms with E-state index in [1.165, 1.54) is 24.3 Å². The zero-order chi connectivity index (χ0) is 16.3. The lowest BCUT2D eigenvalue weighted by atomic mass is 10.1. The molecule has 0 aliphatic carbocycles. The molecular weight excluding hydrogens is 309 g/mol. The van der Waals surface area contributed by atoms with Gasteiger partial charge in [-0.05, 0) is 24.6 Å². The van der Waals surface area contributed by atoms with Gasteiger partial charge in [0.2, 0.25) is 10.0 Å². The minimum absolute atomic E-state index is 0.202. The standard InChI is InChI=1S/C12H17F3N2O3S/c1-9(16)10-2-4-11(5-3-10)21(19,20)17(6-7-18)8-12(13,14)15/h2-5,9,18H,6-8,16H2,1H3. The zero-order valence-electron chi connectivity index (χ0n) is 11.3. The Balaban J connectivity index is 3.10. The number of alkyl halides is 3. The van der Waals surface area contributed by atoms with E-state index in [1.807, 2.05) is 0 Å². The van der Waals surface area contributed by atoms with Crippen LogP contribution in [-0.4, -0.2) is 43.7 Å². The van der Waals surface area contributed by atoms with Crippen molar-refractivity contribution in [1.29, 1.82) is 0 Å². The Morgan fingerprint density at radius 1 is 1.29 bits per heavy atom. The van der Waals surface area contributed by atoms with E-state index in [1.54, 1.807) is 6.92 Å². The van der Waals surface area contributed by atoms with Crippen molar-refractivity contribution in [3.63, 3.8) is 0 Å². The van der Waals surface area contributed by atoms with Crippen LogP contribution in [0.2, 0.25) is 0 Å². The summed E-state index contributed by atoms with van der Waals surface area (Å²) in [5.74, 6) is 0. The third-order valence-electron chi connectivity index (χ3n) is 2.75. The van der Waals surface area contributed by atoms with Crippen LogP contribution in [0.5, 0.6) is 0 Å². The van der Waals surface area contributed by atoms with Crippen molar-refractivity contribution in [3.05, 3.63) is 29.8 Å². The summed E-state index contributed by atoms with van der Waals surface area (Å²) in [4.78, 5) is -0.274. The fourth-order valence-electron chi connectivity index (χ4n) is 1.69. The lowest BCUT2D eigenvalue weighted by molar-refractivity contribution is -0.136. The van der Waals surface area contributed by atoms with Crippen LogP contribution in [0, 0.1) is 0 Å². The molecule has 1 rings (SSSR count). The average Bonchev–Trinajstić information content (AvgIpc) is 2.36. The van der Waals surface area contributed by atoms with Gasteiger partial charge in [0.25, 0.3) is 0 Å². The predicted molar refractivity (Wildman–Crippen MR) is 70.9 cm³/mol. The second-order valence-corrected chi connectivity index (χ2v) is 6.47. The largest absolute Gasteiger partial charge is 0.402 e. The highest BCUT2D eigenvalue weighted by atomic mass is 32.2. The molecule has 1 atom stereocenters. The Kier molecular flexibility index (Phi) is 5.74. The summed E-state index contributed by atoms with van der Waals surface area (Å²) >= 11 is 0. The molecule has 120 valence electrons. The van der Waals surface area contributed by atoms with Crippen molar-refractivity contribution in [2.45, 2.75) is 24.0 Å². The molecule has 0 saturated heterocycles. The lowest BCUT2D eigenvalue weighted by Crippen LogP contribution is -2.40. The van der Waals surface area contributed by atoms with Gasteiger partial charge in [-0.1, -0.05) is 12.1 Å². The fourth-order valence-corrected chi connectivity index (χ4v) is 3.10. The summed E-state index contributed by atoms with van der Waals surface area (Å²) in [6.45, 7) is -1.28. The molecule has 0 heterocycles. The number of hydrogen-bond donors (Lipinski definition) is 2. The summed E-state index contributed by atoms with van der Waals surface area (Å²) in [7, 11) is -4.33. The molecule has 0 radical (unpaired) electrons. The normalized spacial score (nSPS) is 14.4. The molecule has 5 nitrogen and oxygen atoms in total. The van der Waals surface area contributed by atoms with Crippen LogP contribution in [0.3, 0.4) is 0 Å². The van der Waals surface area contributed by atoms with Crippen LogP contribution < -0.4 is 5.73 Å². The van der Waals surface area contributed by atoms with Crippen LogP contribution in [0.1, 0.15) is 18.5 Å². The van der Waals surface area contributed by atoms with E-state index in [2.05, 4.69) is 0 Å². The third-order valence-corrected chi connectivity index (χ3v) is 4.61. The van der Waals surface area contributed by atoms with E-state index in [9.17, 15) is 21.6 Å². The first-order valence-corrected chi connectivity index (χ1v) is 7.55. The first-order valence-electron chi connectivity index (χ1n) is 6.11. The average molecular weight is 326 g/mol. The van der Waals surface area contributed by atoms with Crippen molar-refractivity contribution >= 4 is 10.0 Å². The van der Waals surface area contributed by atoms with Crippen molar-refractivity contribution in [3.8, 4) is 0 Å². The molecule has 0 aliphatic heterocycles. The topological polar surface area (TPSA) is 83.6 Å². The first kappa shape index (κ1) is 17.9. The molecule has 0 fully saturated rings. The molecule has 1 aromatic carbocycles. The molecule has 3 N–H and O–H groups in total. The number of aliphatic hydroxyl groups is 1. The number of benzene rings is 1. The number of rotatable bonds is 6. The molecule has 0 amide bonds. The van der Waals surface area contributed by atoms with E-state index in [0.29, 0.717) is 5.56 Å². The highest BCUT2D eigenvalue weighted by molar-refractivity contribution is 7.89. The van der Waals surface area contributed by atoms with Crippen molar-refractivity contribution in [2.75, 3.05) is 19.7 Å². The minimum Gasteiger partial charge on any atom is -0.395 e. The molecule has 0 aromatic heterocycles. The van der Waals surface area contributed by atoms with Crippen LogP contribution in [0.25, 0.3) is 0 Å². The SMILES string of the molecule is CC(N)c1ccc(S(=O)(=O)N(CCO)CC(F)(F)F)cc1. The Morgan fingerprint density at radius 2 is 1.81 bits per heavy atom. The quantitative estimate of drug-likeness (QED) is 0.824. The van der Waals surface area contributed by atoms with Gasteiger partial charge in [-0.25, -0.2) is 8.42 Å². The summed E-state index contributed by atoms with van der Waals surface area (Å²) in [5, 5.41) is 8.77. The number of nitrogens with two attached hydrogens (primary N) is 1. The molecule has 0 bridgehead atoms. The van der Waals surface area contributed by atoms with Crippen molar-refractivity contribution in [2.24, 2.45) is 5.73 Å². The van der Waals surface area contributed by atoms with Gasteiger partial charge in [0.1, 0.15) is 6.54 Å². The van der Waals surface area contributed by atoms with E-state index < -0.39 is 35.9 Å². The minimum atomic E-state index is -4.69. The highest BCUT2D eigenvalue weighted by Crippen LogP contribution is 2.23. The third kappa shape index (κ3) is 4.95. The van der Waals surface area contributed by atoms with Crippen LogP contribution in [0.4, 0.5) is 13.2 Å². The second kappa shape index (κ2) is 6.73. The molecule has 0 spiro atoms. The van der Waals surface area contributed by atoms with Gasteiger partial charge in [0, 0.05) is 12.6 Å². The summed E-state index contributed by atoms with van der Waals surface area (Å²) < 4.78 is 61.9. The summed E-state index contributed by atoms with van der Waals surface area (Å²) in [6.07, 6.45) is -4.69. The molecular formula is C12H17F3N2O3S. The van der Waals surface area contributed by atoms with Crippen molar-refractivity contribution < 1.29 is 26.7 Å². The molecule has 1 aromatic rings. The van der Waals surface area contributed by atoms with Gasteiger partial charge in [0.15, 0.2) is 0 Å². The monoisotopic (exact) mass is 326 g/mol. The summed E-state index contributed by atoms with van der Waals surface area (Å²) in [6, 6.07) is 4.99. The van der Waals surface area contributed by atoms with Gasteiger partial charge in [-0.15, -0.1) is 0 Å². The Morgan fingerprint density at radius 3 is 2.19 bits per heavy atom. The predicted octanol–water partition coefficient (Wildman–Crippen LogP) is 1.25. The van der Waals surface area contributed by atoms with E-state index >= 15 is 0 Å². The molecule has 21 heavy (non-hydrogen) atoms. The Labute approximate surface area is 121 Å². The molecule has 0 saturated carbocycles. The van der Waals surface area contributed by atoms with Crippen LogP contribution in [-0.2, 0) is 10.0 Å². The maximum absolute atomic E-state index is 12.4. The van der Waals surface area contributed by atoms with Crippen LogP contribution in [0.15, 0.2) is 29.2 Å². The number of nitrogens with zero attached hydrogens (tertiary/aromatic N) is 1. The Hall–Kier alpha value is -1.16. The van der Waals surface area contributed by atoms with Gasteiger partial charge < -0.3 is 10.8 Å². The Bertz CT molecular complexity index is 556. The van der Waals surface area contributed by atoms with E-state index in [0.717, 1.165) is 0 Å². The highest BCUT2D eigenvalue weighted by Gasteiger charge is 2.36. The lowest BCUT2D eigenvalue weighted by Gasteiger charge is -2.22. The van der Waals surface area contributed by atoms with Crippen molar-refractivity contribution in [1.82, 2.24) is 4.31 Å². The maximum atomic E-state index is 12.4. The number of halogens is 3. The second-order valence-electron chi connectivity index (χ2n) is 4.54. The van der Waals surface area contributed by atoms with E-state index in [-0.39, 0.29) is 15.2 Å². The fraction of sp³-hybridized carbons (Fsp3) is 0.500. The smallest absolute Gasteiger partial charge is 0.395 e. The maximum Gasteiger partial charge on any atom is 0.402 e. The summed E-state index contributed by atoms with van der Waals surface area (Å²) in [5.41, 5.74) is 6.29.